The zero-order valence-corrected chi connectivity index (χ0v) is 11.8. The zero-order chi connectivity index (χ0) is 14.0. The Morgan fingerprint density at radius 3 is 2.42 bits per heavy atom. The Kier molecular flexibility index (Phi) is 3.99. The summed E-state index contributed by atoms with van der Waals surface area (Å²) in [7, 11) is 3.49. The van der Waals surface area contributed by atoms with Gasteiger partial charge in [-0.3, -0.25) is 10.1 Å². The van der Waals surface area contributed by atoms with E-state index in [2.05, 4.69) is 0 Å². The van der Waals surface area contributed by atoms with Crippen LogP contribution in [0.2, 0.25) is 0 Å². The van der Waals surface area contributed by atoms with Crippen LogP contribution < -0.4 is 4.74 Å². The molecule has 5 nitrogen and oxygen atoms in total. The molecule has 0 aliphatic heterocycles. The Morgan fingerprint density at radius 1 is 1.32 bits per heavy atom. The molecule has 2 rings (SSSR count). The summed E-state index contributed by atoms with van der Waals surface area (Å²) in [6.07, 6.45) is 4.04. The molecule has 102 valence electrons. The maximum atomic E-state index is 11.1. The van der Waals surface area contributed by atoms with Crippen LogP contribution in [0, 0.1) is 10.1 Å². The standard InChI is InChI=1S/C13H16N2O3S/c1-14(2)13(19)18-12-8-10-6-4-3-5-9(10)7-11(12)15(16)17/h7-8H,3-6H2,1-2H3. The zero-order valence-electron chi connectivity index (χ0n) is 11.0. The van der Waals surface area contributed by atoms with E-state index in [1.54, 1.807) is 31.1 Å². The highest BCUT2D eigenvalue weighted by molar-refractivity contribution is 7.80. The van der Waals surface area contributed by atoms with Gasteiger partial charge in [-0.25, -0.2) is 0 Å². The number of rotatable bonds is 2. The Hall–Kier alpha value is -1.69. The summed E-state index contributed by atoms with van der Waals surface area (Å²) < 4.78 is 5.45. The molecule has 0 N–H and O–H groups in total. The molecule has 1 aliphatic rings. The molecular formula is C13H16N2O3S. The topological polar surface area (TPSA) is 55.6 Å². The molecule has 0 saturated heterocycles. The number of thiocarbonyl (C=S) groups is 1. The second-order valence-electron chi connectivity index (χ2n) is 4.82. The normalized spacial score (nSPS) is 13.6. The Morgan fingerprint density at radius 2 is 1.89 bits per heavy atom. The van der Waals surface area contributed by atoms with Crippen LogP contribution in [-0.4, -0.2) is 29.1 Å². The molecule has 0 radical (unpaired) electrons. The monoisotopic (exact) mass is 280 g/mol. The minimum absolute atomic E-state index is 0.00940. The van der Waals surface area contributed by atoms with Crippen LogP contribution in [0.25, 0.3) is 0 Å². The van der Waals surface area contributed by atoms with Gasteiger partial charge in [-0.2, -0.15) is 0 Å². The molecule has 19 heavy (non-hydrogen) atoms. The number of hydrogen-bond donors (Lipinski definition) is 0. The van der Waals surface area contributed by atoms with Crippen molar-refractivity contribution < 1.29 is 9.66 Å². The van der Waals surface area contributed by atoms with E-state index in [0.29, 0.717) is 0 Å². The third-order valence-corrected chi connectivity index (χ3v) is 3.63. The van der Waals surface area contributed by atoms with Crippen LogP contribution in [0.1, 0.15) is 24.0 Å². The van der Waals surface area contributed by atoms with Crippen LogP contribution in [0.4, 0.5) is 5.69 Å². The number of fused-ring (bicyclic) bond motifs is 1. The summed E-state index contributed by atoms with van der Waals surface area (Å²) in [5.41, 5.74) is 2.18. The second kappa shape index (κ2) is 5.52. The molecule has 6 heteroatoms. The van der Waals surface area contributed by atoms with Gasteiger partial charge in [-0.1, -0.05) is 0 Å². The fraction of sp³-hybridized carbons (Fsp3) is 0.462. The molecule has 0 bridgehead atoms. The second-order valence-corrected chi connectivity index (χ2v) is 5.16. The summed E-state index contributed by atoms with van der Waals surface area (Å²) in [5, 5.41) is 11.3. The van der Waals surface area contributed by atoms with Crippen molar-refractivity contribution in [2.24, 2.45) is 0 Å². The van der Waals surface area contributed by atoms with E-state index in [4.69, 9.17) is 17.0 Å². The van der Waals surface area contributed by atoms with Crippen LogP contribution in [-0.2, 0) is 12.8 Å². The van der Waals surface area contributed by atoms with E-state index in [1.807, 2.05) is 0 Å². The minimum Gasteiger partial charge on any atom is -0.424 e. The molecule has 1 aromatic carbocycles. The summed E-state index contributed by atoms with van der Waals surface area (Å²) in [6.45, 7) is 0. The first-order valence-electron chi connectivity index (χ1n) is 6.18. The highest BCUT2D eigenvalue weighted by Gasteiger charge is 2.22. The van der Waals surface area contributed by atoms with Gasteiger partial charge in [0.15, 0.2) is 0 Å². The van der Waals surface area contributed by atoms with E-state index in [-0.39, 0.29) is 16.6 Å². The Balaban J connectivity index is 2.40. The lowest BCUT2D eigenvalue weighted by molar-refractivity contribution is -0.385. The van der Waals surface area contributed by atoms with Crippen LogP contribution in [0.3, 0.4) is 0 Å². The first-order chi connectivity index (χ1) is 8.99. The highest BCUT2D eigenvalue weighted by Crippen LogP contribution is 2.34. The van der Waals surface area contributed by atoms with Gasteiger partial charge in [0.2, 0.25) is 5.75 Å². The van der Waals surface area contributed by atoms with E-state index in [9.17, 15) is 10.1 Å². The van der Waals surface area contributed by atoms with E-state index in [1.165, 1.54) is 0 Å². The van der Waals surface area contributed by atoms with Gasteiger partial charge in [-0.15, -0.1) is 0 Å². The van der Waals surface area contributed by atoms with Crippen molar-refractivity contribution >= 4 is 23.1 Å². The molecule has 0 amide bonds. The van der Waals surface area contributed by atoms with Gasteiger partial charge in [-0.05, 0) is 55.1 Å². The lowest BCUT2D eigenvalue weighted by Gasteiger charge is -2.18. The van der Waals surface area contributed by atoms with Crippen molar-refractivity contribution in [3.05, 3.63) is 33.4 Å². The fourth-order valence-corrected chi connectivity index (χ4v) is 2.25. The van der Waals surface area contributed by atoms with Gasteiger partial charge in [0.1, 0.15) is 0 Å². The number of ether oxygens (including phenoxy) is 1. The Bertz CT molecular complexity index is 529. The van der Waals surface area contributed by atoms with Crippen LogP contribution in [0.15, 0.2) is 12.1 Å². The number of nitro groups is 1. The molecule has 1 aliphatic carbocycles. The van der Waals surface area contributed by atoms with Crippen molar-refractivity contribution in [3.8, 4) is 5.75 Å². The van der Waals surface area contributed by atoms with E-state index < -0.39 is 4.92 Å². The van der Waals surface area contributed by atoms with Gasteiger partial charge in [0, 0.05) is 20.2 Å². The molecule has 0 unspecified atom stereocenters. The highest BCUT2D eigenvalue weighted by atomic mass is 32.1. The number of nitro benzene ring substituents is 1. The van der Waals surface area contributed by atoms with Crippen LogP contribution in [0.5, 0.6) is 5.75 Å². The minimum atomic E-state index is -0.414. The molecule has 1 aromatic rings. The average Bonchev–Trinajstić information content (AvgIpc) is 2.37. The fourth-order valence-electron chi connectivity index (χ4n) is 2.16. The third kappa shape index (κ3) is 3.01. The molecular weight excluding hydrogens is 264 g/mol. The largest absolute Gasteiger partial charge is 0.424 e. The first kappa shape index (κ1) is 13.7. The van der Waals surface area contributed by atoms with Crippen molar-refractivity contribution in [3.63, 3.8) is 0 Å². The lowest BCUT2D eigenvalue weighted by Crippen LogP contribution is -2.25. The molecule has 0 saturated carbocycles. The maximum Gasteiger partial charge on any atom is 0.311 e. The number of aryl methyl sites for hydroxylation is 2. The maximum absolute atomic E-state index is 11.1. The van der Waals surface area contributed by atoms with Gasteiger partial charge >= 0.3 is 5.69 Å². The average molecular weight is 280 g/mol. The van der Waals surface area contributed by atoms with Crippen molar-refractivity contribution in [1.29, 1.82) is 0 Å². The third-order valence-electron chi connectivity index (χ3n) is 3.18. The van der Waals surface area contributed by atoms with E-state index >= 15 is 0 Å². The molecule has 0 aromatic heterocycles. The van der Waals surface area contributed by atoms with Gasteiger partial charge in [0.05, 0.1) is 4.92 Å². The quantitative estimate of drug-likeness (QED) is 0.473. The predicted octanol–water partition coefficient (Wildman–Crippen LogP) is 2.70. The van der Waals surface area contributed by atoms with Gasteiger partial charge in [0.25, 0.3) is 5.17 Å². The Labute approximate surface area is 117 Å². The smallest absolute Gasteiger partial charge is 0.311 e. The van der Waals surface area contributed by atoms with Crippen molar-refractivity contribution in [2.45, 2.75) is 25.7 Å². The molecule has 0 heterocycles. The van der Waals surface area contributed by atoms with Gasteiger partial charge < -0.3 is 9.64 Å². The lowest BCUT2D eigenvalue weighted by atomic mass is 9.91. The number of hydrogen-bond acceptors (Lipinski definition) is 4. The van der Waals surface area contributed by atoms with Crippen LogP contribution >= 0.6 is 12.2 Å². The van der Waals surface area contributed by atoms with E-state index in [0.717, 1.165) is 36.8 Å². The summed E-state index contributed by atoms with van der Waals surface area (Å²) in [5.74, 6) is 0.240. The molecule has 0 spiro atoms. The number of nitrogens with zero attached hydrogens (tertiary/aromatic N) is 2. The SMILES string of the molecule is CN(C)C(=S)Oc1cc2c(cc1[N+](=O)[O-])CCCC2. The first-order valence-corrected chi connectivity index (χ1v) is 6.59. The van der Waals surface area contributed by atoms with Crippen molar-refractivity contribution in [2.75, 3.05) is 14.1 Å². The number of benzene rings is 1. The summed E-state index contributed by atoms with van der Waals surface area (Å²) in [6, 6.07) is 3.39. The predicted molar refractivity (Wildman–Crippen MR) is 76.7 cm³/mol. The summed E-state index contributed by atoms with van der Waals surface area (Å²) >= 11 is 5.04. The molecule has 0 fully saturated rings. The molecule has 0 atom stereocenters. The van der Waals surface area contributed by atoms with Crippen molar-refractivity contribution in [1.82, 2.24) is 4.90 Å². The summed E-state index contributed by atoms with van der Waals surface area (Å²) in [4.78, 5) is 12.3.